The molecule has 5 nitrogen and oxygen atoms in total. The van der Waals surface area contributed by atoms with Crippen LogP contribution in [0.5, 0.6) is 0 Å². The molecule has 0 fully saturated rings. The molecule has 1 rings (SSSR count). The Hall–Kier alpha value is -2.14. The Morgan fingerprint density at radius 1 is 1.42 bits per heavy atom. The second-order valence-corrected chi connectivity index (χ2v) is 4.11. The number of ether oxygens (including phenoxy) is 1. The van der Waals surface area contributed by atoms with Gasteiger partial charge in [-0.25, -0.2) is 4.79 Å². The van der Waals surface area contributed by atoms with E-state index in [0.29, 0.717) is 5.69 Å². The first-order valence-electron chi connectivity index (χ1n) is 5.79. The summed E-state index contributed by atoms with van der Waals surface area (Å²) in [6.07, 6.45) is 2.01. The third kappa shape index (κ3) is 4.56. The van der Waals surface area contributed by atoms with Gasteiger partial charge in [-0.05, 0) is 43.2 Å². The summed E-state index contributed by atoms with van der Waals surface area (Å²) in [6.45, 7) is 3.51. The van der Waals surface area contributed by atoms with Crippen LogP contribution in [0.3, 0.4) is 0 Å². The average Bonchev–Trinajstić information content (AvgIpc) is 2.38. The van der Waals surface area contributed by atoms with Crippen molar-refractivity contribution in [2.24, 2.45) is 0 Å². The van der Waals surface area contributed by atoms with Crippen LogP contribution in [-0.2, 0) is 14.3 Å². The Morgan fingerprint density at radius 2 is 2.11 bits per heavy atom. The van der Waals surface area contributed by atoms with Crippen molar-refractivity contribution in [2.45, 2.75) is 20.0 Å². The molecule has 19 heavy (non-hydrogen) atoms. The number of anilines is 1. The molecular formula is C14H17NO4. The predicted octanol–water partition coefficient (Wildman–Crippen LogP) is 2.07. The van der Waals surface area contributed by atoms with Crippen LogP contribution in [0, 0.1) is 6.92 Å². The SMILES string of the molecule is COC(C)C(=O)Nc1ccc(C)c(/C=C/C(=O)O)c1. The summed E-state index contributed by atoms with van der Waals surface area (Å²) in [5, 5.41) is 11.3. The molecule has 0 saturated carbocycles. The van der Waals surface area contributed by atoms with Crippen LogP contribution in [0.15, 0.2) is 24.3 Å². The number of hydrogen-bond donors (Lipinski definition) is 2. The number of aryl methyl sites for hydroxylation is 1. The van der Waals surface area contributed by atoms with Crippen LogP contribution in [-0.4, -0.2) is 30.2 Å². The number of aliphatic carboxylic acids is 1. The van der Waals surface area contributed by atoms with E-state index >= 15 is 0 Å². The van der Waals surface area contributed by atoms with Crippen LogP contribution in [0.2, 0.25) is 0 Å². The molecule has 102 valence electrons. The molecule has 0 radical (unpaired) electrons. The minimum Gasteiger partial charge on any atom is -0.478 e. The molecule has 1 unspecified atom stereocenters. The molecule has 0 bridgehead atoms. The number of hydrogen-bond acceptors (Lipinski definition) is 3. The number of carboxylic acid groups (broad SMARTS) is 1. The smallest absolute Gasteiger partial charge is 0.328 e. The first-order chi connectivity index (χ1) is 8.93. The van der Waals surface area contributed by atoms with Crippen LogP contribution in [0.25, 0.3) is 6.08 Å². The zero-order chi connectivity index (χ0) is 14.4. The highest BCUT2D eigenvalue weighted by atomic mass is 16.5. The Morgan fingerprint density at radius 3 is 2.68 bits per heavy atom. The van der Waals surface area contributed by atoms with Gasteiger partial charge in [0.05, 0.1) is 0 Å². The number of carbonyl (C=O) groups excluding carboxylic acids is 1. The quantitative estimate of drug-likeness (QED) is 0.797. The highest BCUT2D eigenvalue weighted by molar-refractivity contribution is 5.94. The standard InChI is InChI=1S/C14H17NO4/c1-9-4-6-12(15-14(18)10(2)19-3)8-11(9)5-7-13(16)17/h4-8,10H,1-3H3,(H,15,18)(H,16,17)/b7-5+. The van der Waals surface area contributed by atoms with Crippen molar-refractivity contribution in [3.63, 3.8) is 0 Å². The molecule has 0 aromatic heterocycles. The monoisotopic (exact) mass is 263 g/mol. The predicted molar refractivity (Wildman–Crippen MR) is 72.9 cm³/mol. The lowest BCUT2D eigenvalue weighted by atomic mass is 10.1. The van der Waals surface area contributed by atoms with Gasteiger partial charge in [-0.3, -0.25) is 4.79 Å². The molecule has 1 atom stereocenters. The number of carbonyl (C=O) groups is 2. The molecule has 1 amide bonds. The van der Waals surface area contributed by atoms with Crippen LogP contribution < -0.4 is 5.32 Å². The third-order valence-corrected chi connectivity index (χ3v) is 2.68. The summed E-state index contributed by atoms with van der Waals surface area (Å²) in [5.74, 6) is -1.26. The van der Waals surface area contributed by atoms with Gasteiger partial charge in [0.2, 0.25) is 0 Å². The normalized spacial score (nSPS) is 12.4. The molecule has 0 spiro atoms. The van der Waals surface area contributed by atoms with E-state index in [1.165, 1.54) is 13.2 Å². The molecule has 0 saturated heterocycles. The lowest BCUT2D eigenvalue weighted by molar-refractivity contribution is -0.131. The van der Waals surface area contributed by atoms with E-state index in [4.69, 9.17) is 9.84 Å². The number of benzene rings is 1. The molecule has 2 N–H and O–H groups in total. The van der Waals surface area contributed by atoms with Crippen molar-refractivity contribution < 1.29 is 19.4 Å². The van der Waals surface area contributed by atoms with Gasteiger partial charge in [0.15, 0.2) is 0 Å². The topological polar surface area (TPSA) is 75.6 Å². The maximum absolute atomic E-state index is 11.7. The van der Waals surface area contributed by atoms with Crippen molar-refractivity contribution in [3.05, 3.63) is 35.4 Å². The van der Waals surface area contributed by atoms with E-state index in [9.17, 15) is 9.59 Å². The highest BCUT2D eigenvalue weighted by Crippen LogP contribution is 2.17. The summed E-state index contributed by atoms with van der Waals surface area (Å²) in [6, 6.07) is 5.29. The van der Waals surface area contributed by atoms with Gasteiger partial charge in [0.1, 0.15) is 6.10 Å². The summed E-state index contributed by atoms with van der Waals surface area (Å²) < 4.78 is 4.91. The van der Waals surface area contributed by atoms with E-state index in [0.717, 1.165) is 17.2 Å². The molecule has 5 heteroatoms. The third-order valence-electron chi connectivity index (χ3n) is 2.68. The van der Waals surface area contributed by atoms with Crippen LogP contribution in [0.4, 0.5) is 5.69 Å². The summed E-state index contributed by atoms with van der Waals surface area (Å²) in [5.41, 5.74) is 2.27. The second kappa shape index (κ2) is 6.70. The van der Waals surface area contributed by atoms with E-state index < -0.39 is 12.1 Å². The van der Waals surface area contributed by atoms with Gasteiger partial charge in [-0.2, -0.15) is 0 Å². The fourth-order valence-corrected chi connectivity index (χ4v) is 1.41. The van der Waals surface area contributed by atoms with Crippen molar-refractivity contribution in [1.29, 1.82) is 0 Å². The summed E-state index contributed by atoms with van der Waals surface area (Å²) in [4.78, 5) is 22.2. The van der Waals surface area contributed by atoms with E-state index in [1.54, 1.807) is 19.1 Å². The number of amides is 1. The number of carboxylic acids is 1. The zero-order valence-electron chi connectivity index (χ0n) is 11.1. The van der Waals surface area contributed by atoms with Crippen molar-refractivity contribution >= 4 is 23.6 Å². The van der Waals surface area contributed by atoms with Gasteiger partial charge in [0.25, 0.3) is 5.91 Å². The Kier molecular flexibility index (Phi) is 5.26. The summed E-state index contributed by atoms with van der Waals surface area (Å²) in [7, 11) is 1.46. The van der Waals surface area contributed by atoms with Gasteiger partial charge in [-0.15, -0.1) is 0 Å². The van der Waals surface area contributed by atoms with Crippen molar-refractivity contribution in [3.8, 4) is 0 Å². The van der Waals surface area contributed by atoms with Crippen LogP contribution >= 0.6 is 0 Å². The first-order valence-corrected chi connectivity index (χ1v) is 5.79. The fraction of sp³-hybridized carbons (Fsp3) is 0.286. The molecule has 1 aromatic carbocycles. The van der Waals surface area contributed by atoms with Crippen molar-refractivity contribution in [1.82, 2.24) is 0 Å². The van der Waals surface area contributed by atoms with E-state index in [-0.39, 0.29) is 5.91 Å². The fourth-order valence-electron chi connectivity index (χ4n) is 1.41. The minimum atomic E-state index is -1.01. The van der Waals surface area contributed by atoms with Gasteiger partial charge in [-0.1, -0.05) is 6.07 Å². The molecular weight excluding hydrogens is 246 g/mol. The highest BCUT2D eigenvalue weighted by Gasteiger charge is 2.11. The molecule has 0 aliphatic rings. The second-order valence-electron chi connectivity index (χ2n) is 4.11. The molecule has 1 aromatic rings. The zero-order valence-corrected chi connectivity index (χ0v) is 11.1. The first kappa shape index (κ1) is 14.9. The molecule has 0 aliphatic heterocycles. The number of rotatable bonds is 5. The minimum absolute atomic E-state index is 0.250. The average molecular weight is 263 g/mol. The summed E-state index contributed by atoms with van der Waals surface area (Å²) >= 11 is 0. The Balaban J connectivity index is 2.90. The van der Waals surface area contributed by atoms with Gasteiger partial charge in [0, 0.05) is 18.9 Å². The largest absolute Gasteiger partial charge is 0.478 e. The van der Waals surface area contributed by atoms with Gasteiger partial charge >= 0.3 is 5.97 Å². The van der Waals surface area contributed by atoms with E-state index in [2.05, 4.69) is 5.32 Å². The number of nitrogens with one attached hydrogen (secondary N) is 1. The number of methoxy groups -OCH3 is 1. The maximum atomic E-state index is 11.7. The lowest BCUT2D eigenvalue weighted by Crippen LogP contribution is -2.26. The molecule has 0 heterocycles. The maximum Gasteiger partial charge on any atom is 0.328 e. The van der Waals surface area contributed by atoms with Crippen molar-refractivity contribution in [2.75, 3.05) is 12.4 Å². The van der Waals surface area contributed by atoms with Gasteiger partial charge < -0.3 is 15.2 Å². The Bertz CT molecular complexity index is 508. The lowest BCUT2D eigenvalue weighted by Gasteiger charge is -2.11. The van der Waals surface area contributed by atoms with Crippen LogP contribution in [0.1, 0.15) is 18.1 Å². The molecule has 0 aliphatic carbocycles. The Labute approximate surface area is 111 Å². The van der Waals surface area contributed by atoms with E-state index in [1.807, 2.05) is 13.0 Å².